The quantitative estimate of drug-likeness (QED) is 0.456. The summed E-state index contributed by atoms with van der Waals surface area (Å²) < 4.78 is 21.0. The van der Waals surface area contributed by atoms with E-state index in [0.29, 0.717) is 33.0 Å². The minimum atomic E-state index is -0.384. The number of thioether (sulfide) groups is 1. The van der Waals surface area contributed by atoms with E-state index in [1.54, 1.807) is 7.11 Å². The van der Waals surface area contributed by atoms with E-state index in [0.717, 1.165) is 23.5 Å². The first kappa shape index (κ1) is 23.8. The van der Waals surface area contributed by atoms with Crippen molar-refractivity contribution < 1.29 is 23.7 Å². The molecular weight excluding hydrogens is 366 g/mol. The lowest BCUT2D eigenvalue weighted by atomic mass is 10.0. The van der Waals surface area contributed by atoms with Gasteiger partial charge in [0.1, 0.15) is 6.61 Å². The normalized spacial score (nSPS) is 11.4. The van der Waals surface area contributed by atoms with Crippen molar-refractivity contribution in [3.05, 3.63) is 35.9 Å². The fourth-order valence-electron chi connectivity index (χ4n) is 2.11. The zero-order valence-corrected chi connectivity index (χ0v) is 17.5. The first-order valence-corrected chi connectivity index (χ1v) is 10.4. The molecule has 0 aliphatic rings. The molecule has 0 saturated carbocycles. The zero-order valence-electron chi connectivity index (χ0n) is 16.7. The molecule has 0 spiro atoms. The molecular formula is C20H33NO5S. The summed E-state index contributed by atoms with van der Waals surface area (Å²) in [5.74, 6) is 1.87. The zero-order chi connectivity index (χ0) is 19.8. The summed E-state index contributed by atoms with van der Waals surface area (Å²) in [6, 6.07) is 9.66. The third kappa shape index (κ3) is 13.5. The minimum Gasteiger partial charge on any atom is -0.445 e. The van der Waals surface area contributed by atoms with E-state index in [1.807, 2.05) is 55.9 Å². The number of carbonyl (C=O) groups is 1. The van der Waals surface area contributed by atoms with Gasteiger partial charge in [0.2, 0.25) is 0 Å². The average molecular weight is 400 g/mol. The van der Waals surface area contributed by atoms with Crippen LogP contribution >= 0.6 is 11.8 Å². The Morgan fingerprint density at radius 3 is 2.37 bits per heavy atom. The summed E-state index contributed by atoms with van der Waals surface area (Å²) in [6.07, 6.45) is 0.476. The largest absolute Gasteiger partial charge is 0.445 e. The highest BCUT2D eigenvalue weighted by molar-refractivity contribution is 7.99. The van der Waals surface area contributed by atoms with Gasteiger partial charge in [0.05, 0.1) is 33.0 Å². The lowest BCUT2D eigenvalue weighted by Gasteiger charge is -2.25. The Kier molecular flexibility index (Phi) is 13.0. The fraction of sp³-hybridized carbons (Fsp3) is 0.650. The number of carbonyl (C=O) groups excluding carboxylic acids is 1. The molecule has 0 saturated heterocycles. The number of hydrogen-bond acceptors (Lipinski definition) is 6. The first-order valence-electron chi connectivity index (χ1n) is 9.24. The van der Waals surface area contributed by atoms with Crippen LogP contribution < -0.4 is 5.32 Å². The number of rotatable bonds is 15. The Bertz CT molecular complexity index is 498. The van der Waals surface area contributed by atoms with Crippen molar-refractivity contribution in [1.29, 1.82) is 0 Å². The lowest BCUT2D eigenvalue weighted by Crippen LogP contribution is -2.44. The number of amides is 1. The van der Waals surface area contributed by atoms with Crippen LogP contribution in [-0.4, -0.2) is 63.3 Å². The van der Waals surface area contributed by atoms with Crippen LogP contribution in [0.1, 0.15) is 25.8 Å². The standard InChI is InChI=1S/C20H33NO5S/c1-20(2,21-19(22)26-17-18-7-5-4-6-8-18)9-15-27-16-14-25-13-12-24-11-10-23-3/h4-8H,9-17H2,1-3H3,(H,21,22). The van der Waals surface area contributed by atoms with Gasteiger partial charge in [-0.05, 0) is 31.6 Å². The van der Waals surface area contributed by atoms with Gasteiger partial charge in [0.15, 0.2) is 0 Å². The molecule has 1 N–H and O–H groups in total. The predicted molar refractivity (Wildman–Crippen MR) is 109 cm³/mol. The Labute approximate surface area is 167 Å². The third-order valence-corrected chi connectivity index (χ3v) is 4.65. The summed E-state index contributed by atoms with van der Waals surface area (Å²) in [5, 5.41) is 2.93. The van der Waals surface area contributed by atoms with Crippen LogP contribution in [0.2, 0.25) is 0 Å². The monoisotopic (exact) mass is 399 g/mol. The van der Waals surface area contributed by atoms with E-state index in [9.17, 15) is 4.79 Å². The van der Waals surface area contributed by atoms with Crippen LogP contribution in [-0.2, 0) is 25.6 Å². The molecule has 1 amide bonds. The van der Waals surface area contributed by atoms with Crippen LogP contribution in [0, 0.1) is 0 Å². The molecule has 0 heterocycles. The second-order valence-electron chi connectivity index (χ2n) is 6.65. The molecule has 1 rings (SSSR count). The van der Waals surface area contributed by atoms with E-state index in [2.05, 4.69) is 5.32 Å². The summed E-state index contributed by atoms with van der Waals surface area (Å²) >= 11 is 1.81. The smallest absolute Gasteiger partial charge is 0.407 e. The lowest BCUT2D eigenvalue weighted by molar-refractivity contribution is 0.0286. The Morgan fingerprint density at radius 1 is 1.00 bits per heavy atom. The van der Waals surface area contributed by atoms with Crippen molar-refractivity contribution >= 4 is 17.9 Å². The first-order chi connectivity index (χ1) is 13.0. The van der Waals surface area contributed by atoms with Crippen molar-refractivity contribution in [2.24, 2.45) is 0 Å². The highest BCUT2D eigenvalue weighted by Crippen LogP contribution is 2.14. The number of benzene rings is 1. The van der Waals surface area contributed by atoms with Gasteiger partial charge in [0.25, 0.3) is 0 Å². The molecule has 0 aliphatic heterocycles. The van der Waals surface area contributed by atoms with Gasteiger partial charge in [-0.25, -0.2) is 4.79 Å². The van der Waals surface area contributed by atoms with Gasteiger partial charge in [0, 0.05) is 18.4 Å². The number of alkyl carbamates (subject to hydrolysis) is 1. The van der Waals surface area contributed by atoms with Gasteiger partial charge in [-0.3, -0.25) is 0 Å². The molecule has 0 unspecified atom stereocenters. The summed E-state index contributed by atoms with van der Waals surface area (Å²) in [5.41, 5.74) is 0.668. The molecule has 7 heteroatoms. The number of nitrogens with one attached hydrogen (secondary N) is 1. The molecule has 27 heavy (non-hydrogen) atoms. The van der Waals surface area contributed by atoms with Crippen molar-refractivity contribution in [3.8, 4) is 0 Å². The maximum atomic E-state index is 12.0. The maximum Gasteiger partial charge on any atom is 0.407 e. The SMILES string of the molecule is COCCOCCOCCSCCC(C)(C)NC(=O)OCc1ccccc1. The van der Waals surface area contributed by atoms with Crippen molar-refractivity contribution in [2.45, 2.75) is 32.4 Å². The molecule has 1 aromatic rings. The van der Waals surface area contributed by atoms with E-state index >= 15 is 0 Å². The van der Waals surface area contributed by atoms with Crippen molar-refractivity contribution in [1.82, 2.24) is 5.32 Å². The fourth-order valence-corrected chi connectivity index (χ4v) is 3.20. The number of hydrogen-bond donors (Lipinski definition) is 1. The molecule has 0 atom stereocenters. The molecule has 6 nitrogen and oxygen atoms in total. The van der Waals surface area contributed by atoms with Crippen LogP contribution in [0.3, 0.4) is 0 Å². The van der Waals surface area contributed by atoms with Gasteiger partial charge in [-0.2, -0.15) is 11.8 Å². The minimum absolute atomic E-state index is 0.282. The third-order valence-electron chi connectivity index (χ3n) is 3.70. The summed E-state index contributed by atoms with van der Waals surface area (Å²) in [4.78, 5) is 12.0. The van der Waals surface area contributed by atoms with Crippen LogP contribution in [0.25, 0.3) is 0 Å². The molecule has 1 aromatic carbocycles. The Morgan fingerprint density at radius 2 is 1.67 bits per heavy atom. The highest BCUT2D eigenvalue weighted by Gasteiger charge is 2.20. The number of ether oxygens (including phenoxy) is 4. The molecule has 0 radical (unpaired) electrons. The van der Waals surface area contributed by atoms with E-state index in [1.165, 1.54) is 0 Å². The van der Waals surface area contributed by atoms with Gasteiger partial charge in [-0.15, -0.1) is 0 Å². The predicted octanol–water partition coefficient (Wildman–Crippen LogP) is 3.49. The topological polar surface area (TPSA) is 66.0 Å². The Hall–Kier alpha value is -1.28. The van der Waals surface area contributed by atoms with Gasteiger partial charge in [-0.1, -0.05) is 30.3 Å². The molecule has 154 valence electrons. The van der Waals surface area contributed by atoms with Crippen LogP contribution in [0.4, 0.5) is 4.79 Å². The van der Waals surface area contributed by atoms with Gasteiger partial charge >= 0.3 is 6.09 Å². The summed E-state index contributed by atoms with van der Waals surface area (Å²) in [7, 11) is 1.65. The van der Waals surface area contributed by atoms with E-state index < -0.39 is 0 Å². The number of methoxy groups -OCH3 is 1. The molecule has 0 fully saturated rings. The summed E-state index contributed by atoms with van der Waals surface area (Å²) in [6.45, 7) is 7.40. The Balaban J connectivity index is 2.00. The molecule has 0 aromatic heterocycles. The molecule has 0 bridgehead atoms. The average Bonchev–Trinajstić information content (AvgIpc) is 2.65. The van der Waals surface area contributed by atoms with E-state index in [4.69, 9.17) is 18.9 Å². The van der Waals surface area contributed by atoms with Crippen LogP contribution in [0.15, 0.2) is 30.3 Å². The van der Waals surface area contributed by atoms with E-state index in [-0.39, 0.29) is 18.2 Å². The van der Waals surface area contributed by atoms with Crippen molar-refractivity contribution in [3.63, 3.8) is 0 Å². The van der Waals surface area contributed by atoms with Crippen LogP contribution in [0.5, 0.6) is 0 Å². The van der Waals surface area contributed by atoms with Crippen molar-refractivity contribution in [2.75, 3.05) is 51.6 Å². The molecule has 0 aliphatic carbocycles. The second-order valence-corrected chi connectivity index (χ2v) is 7.88. The second kappa shape index (κ2) is 14.7. The highest BCUT2D eigenvalue weighted by atomic mass is 32.2. The van der Waals surface area contributed by atoms with Gasteiger partial charge < -0.3 is 24.3 Å². The maximum absolute atomic E-state index is 12.0.